The highest BCUT2D eigenvalue weighted by Gasteiger charge is 2.03. The maximum atomic E-state index is 10.3. The van der Waals surface area contributed by atoms with Crippen LogP contribution in [0.25, 0.3) is 10.9 Å². The molecule has 0 aliphatic carbocycles. The highest BCUT2D eigenvalue weighted by atomic mass is 16.4. The van der Waals surface area contributed by atoms with Gasteiger partial charge in [-0.05, 0) is 24.3 Å². The van der Waals surface area contributed by atoms with Gasteiger partial charge in [0.15, 0.2) is 0 Å². The van der Waals surface area contributed by atoms with Gasteiger partial charge in [0.25, 0.3) is 0 Å². The Hall–Kier alpha value is -2.88. The first kappa shape index (κ1) is 13.5. The Morgan fingerprint density at radius 2 is 1.60 bits per heavy atom. The number of aromatic nitrogens is 1. The first-order valence-corrected chi connectivity index (χ1v) is 6.06. The topological polar surface area (TPSA) is 76.2 Å². The number of carboxylic acid groups (broad SMARTS) is 1. The summed E-state index contributed by atoms with van der Waals surface area (Å²) >= 11 is 0. The van der Waals surface area contributed by atoms with E-state index < -0.39 is 5.97 Å². The number of fused-ring (bicyclic) bond motifs is 1. The van der Waals surface area contributed by atoms with Gasteiger partial charge in [-0.1, -0.05) is 36.4 Å². The second kappa shape index (κ2) is 6.33. The number of carbonyl (C=O) groups is 1. The van der Waals surface area contributed by atoms with E-state index in [1.54, 1.807) is 18.2 Å². The predicted octanol–water partition coefficient (Wildman–Crippen LogP) is 3.20. The van der Waals surface area contributed by atoms with E-state index in [0.29, 0.717) is 5.69 Å². The molecular weight excluding hydrogens is 252 g/mol. The summed E-state index contributed by atoms with van der Waals surface area (Å²) in [5.41, 5.74) is 6.86. The Balaban J connectivity index is 0.000000147. The first-order chi connectivity index (χ1) is 9.68. The molecule has 20 heavy (non-hydrogen) atoms. The van der Waals surface area contributed by atoms with Crippen LogP contribution in [0.4, 0.5) is 5.69 Å². The van der Waals surface area contributed by atoms with Crippen LogP contribution >= 0.6 is 0 Å². The summed E-state index contributed by atoms with van der Waals surface area (Å²) in [6.45, 7) is 0. The van der Waals surface area contributed by atoms with Gasteiger partial charge in [0.2, 0.25) is 0 Å². The van der Waals surface area contributed by atoms with Gasteiger partial charge < -0.3 is 10.8 Å². The molecule has 0 amide bonds. The van der Waals surface area contributed by atoms with Crippen molar-refractivity contribution in [1.29, 1.82) is 0 Å². The van der Waals surface area contributed by atoms with Gasteiger partial charge in [-0.25, -0.2) is 4.79 Å². The molecule has 0 aliphatic rings. The molecule has 4 heteroatoms. The Bertz CT molecular complexity index is 661. The monoisotopic (exact) mass is 266 g/mol. The normalized spacial score (nSPS) is 9.60. The zero-order chi connectivity index (χ0) is 14.4. The number of hydrogen-bond acceptors (Lipinski definition) is 3. The lowest BCUT2D eigenvalue weighted by atomic mass is 10.2. The second-order valence-corrected chi connectivity index (χ2v) is 4.09. The molecule has 0 aliphatic heterocycles. The van der Waals surface area contributed by atoms with Gasteiger partial charge in [-0.15, -0.1) is 0 Å². The van der Waals surface area contributed by atoms with Gasteiger partial charge >= 0.3 is 5.97 Å². The molecule has 0 atom stereocenters. The van der Waals surface area contributed by atoms with Crippen LogP contribution in [0.15, 0.2) is 66.9 Å². The third-order valence-electron chi connectivity index (χ3n) is 2.70. The maximum absolute atomic E-state index is 10.3. The number of anilines is 1. The van der Waals surface area contributed by atoms with Crippen LogP contribution in [-0.4, -0.2) is 16.1 Å². The van der Waals surface area contributed by atoms with Gasteiger partial charge in [0.05, 0.1) is 11.1 Å². The standard InChI is InChI=1S/C9H7N.C7H7NO2/c1-2-6-9-8(4-1)5-3-7-10-9;8-6-4-2-1-3-5(6)7(9)10/h1-7H;1-4H,8H2,(H,9,10). The largest absolute Gasteiger partial charge is 0.478 e. The number of para-hydroxylation sites is 2. The van der Waals surface area contributed by atoms with Crippen molar-refractivity contribution in [1.82, 2.24) is 4.98 Å². The third-order valence-corrected chi connectivity index (χ3v) is 2.70. The Morgan fingerprint density at radius 1 is 0.950 bits per heavy atom. The van der Waals surface area contributed by atoms with E-state index in [1.807, 2.05) is 30.5 Å². The smallest absolute Gasteiger partial charge is 0.337 e. The lowest BCUT2D eigenvalue weighted by molar-refractivity contribution is 0.0698. The van der Waals surface area contributed by atoms with E-state index in [0.717, 1.165) is 5.52 Å². The minimum Gasteiger partial charge on any atom is -0.478 e. The van der Waals surface area contributed by atoms with Crippen molar-refractivity contribution < 1.29 is 9.90 Å². The molecule has 0 spiro atoms. The van der Waals surface area contributed by atoms with Crippen LogP contribution in [0.1, 0.15) is 10.4 Å². The molecule has 4 nitrogen and oxygen atoms in total. The molecule has 0 saturated heterocycles. The number of rotatable bonds is 1. The van der Waals surface area contributed by atoms with Gasteiger partial charge in [0, 0.05) is 17.3 Å². The van der Waals surface area contributed by atoms with Gasteiger partial charge in [-0.2, -0.15) is 0 Å². The van der Waals surface area contributed by atoms with Crippen molar-refractivity contribution in [2.75, 3.05) is 5.73 Å². The predicted molar refractivity (Wildman–Crippen MR) is 79.6 cm³/mol. The number of nitrogens with two attached hydrogens (primary N) is 1. The van der Waals surface area contributed by atoms with E-state index in [4.69, 9.17) is 10.8 Å². The fraction of sp³-hybridized carbons (Fsp3) is 0. The summed E-state index contributed by atoms with van der Waals surface area (Å²) in [7, 11) is 0. The number of nitrogens with zero attached hydrogens (tertiary/aromatic N) is 1. The Morgan fingerprint density at radius 3 is 2.25 bits per heavy atom. The molecule has 0 fully saturated rings. The van der Waals surface area contributed by atoms with Crippen molar-refractivity contribution in [2.45, 2.75) is 0 Å². The fourth-order valence-electron chi connectivity index (χ4n) is 1.71. The number of pyridine rings is 1. The molecule has 0 saturated carbocycles. The quantitative estimate of drug-likeness (QED) is 0.663. The van der Waals surface area contributed by atoms with Crippen molar-refractivity contribution in [3.8, 4) is 0 Å². The lowest BCUT2D eigenvalue weighted by Gasteiger charge is -1.96. The second-order valence-electron chi connectivity index (χ2n) is 4.09. The summed E-state index contributed by atoms with van der Waals surface area (Å²) in [5.74, 6) is -0.988. The van der Waals surface area contributed by atoms with E-state index in [1.165, 1.54) is 11.5 Å². The SMILES string of the molecule is Nc1ccccc1C(=O)O.c1ccc2ncccc2c1. The molecule has 0 unspecified atom stereocenters. The van der Waals surface area contributed by atoms with E-state index in [2.05, 4.69) is 17.1 Å². The average molecular weight is 266 g/mol. The number of hydrogen-bond donors (Lipinski definition) is 2. The van der Waals surface area contributed by atoms with Crippen LogP contribution in [0.2, 0.25) is 0 Å². The fourth-order valence-corrected chi connectivity index (χ4v) is 1.71. The Labute approximate surface area is 116 Å². The molecule has 3 N–H and O–H groups in total. The summed E-state index contributed by atoms with van der Waals surface area (Å²) in [4.78, 5) is 14.5. The highest BCUT2D eigenvalue weighted by molar-refractivity contribution is 5.93. The van der Waals surface area contributed by atoms with Crippen molar-refractivity contribution in [3.05, 3.63) is 72.4 Å². The first-order valence-electron chi connectivity index (χ1n) is 6.06. The van der Waals surface area contributed by atoms with Crippen LogP contribution in [0, 0.1) is 0 Å². The van der Waals surface area contributed by atoms with Crippen LogP contribution < -0.4 is 5.73 Å². The highest BCUT2D eigenvalue weighted by Crippen LogP contribution is 2.09. The number of benzene rings is 2. The molecule has 3 rings (SSSR count). The zero-order valence-electron chi connectivity index (χ0n) is 10.7. The minimum absolute atomic E-state index is 0.155. The van der Waals surface area contributed by atoms with Crippen LogP contribution in [0.3, 0.4) is 0 Å². The summed E-state index contributed by atoms with van der Waals surface area (Å²) in [5, 5.41) is 9.68. The van der Waals surface area contributed by atoms with Gasteiger partial charge in [-0.3, -0.25) is 4.98 Å². The number of nitrogen functional groups attached to an aromatic ring is 1. The lowest BCUT2D eigenvalue weighted by Crippen LogP contribution is -2.00. The molecule has 0 radical (unpaired) electrons. The average Bonchev–Trinajstić information content (AvgIpc) is 2.48. The number of carboxylic acids is 1. The van der Waals surface area contributed by atoms with Crippen LogP contribution in [-0.2, 0) is 0 Å². The van der Waals surface area contributed by atoms with Gasteiger partial charge in [0.1, 0.15) is 0 Å². The molecule has 3 aromatic rings. The number of aromatic carboxylic acids is 1. The molecule has 1 heterocycles. The molecular formula is C16H14N2O2. The molecule has 0 bridgehead atoms. The third kappa shape index (κ3) is 3.32. The van der Waals surface area contributed by atoms with Crippen molar-refractivity contribution in [3.63, 3.8) is 0 Å². The minimum atomic E-state index is -0.988. The van der Waals surface area contributed by atoms with Crippen LogP contribution in [0.5, 0.6) is 0 Å². The van der Waals surface area contributed by atoms with E-state index in [-0.39, 0.29) is 5.56 Å². The summed E-state index contributed by atoms with van der Waals surface area (Å²) < 4.78 is 0. The maximum Gasteiger partial charge on any atom is 0.337 e. The van der Waals surface area contributed by atoms with E-state index in [9.17, 15) is 4.79 Å². The summed E-state index contributed by atoms with van der Waals surface area (Å²) in [6.07, 6.45) is 1.81. The zero-order valence-corrected chi connectivity index (χ0v) is 10.7. The van der Waals surface area contributed by atoms with E-state index >= 15 is 0 Å². The molecule has 100 valence electrons. The molecule has 1 aromatic heterocycles. The van der Waals surface area contributed by atoms with Crippen molar-refractivity contribution in [2.24, 2.45) is 0 Å². The Kier molecular flexibility index (Phi) is 4.29. The van der Waals surface area contributed by atoms with Crippen molar-refractivity contribution >= 4 is 22.6 Å². The summed E-state index contributed by atoms with van der Waals surface area (Å²) in [6, 6.07) is 18.4. The molecule has 2 aromatic carbocycles.